The lowest BCUT2D eigenvalue weighted by Crippen LogP contribution is -2.22. The number of hydrogen-bond acceptors (Lipinski definition) is 5. The van der Waals surface area contributed by atoms with Crippen molar-refractivity contribution in [3.63, 3.8) is 0 Å². The Kier molecular flexibility index (Phi) is 5.36. The van der Waals surface area contributed by atoms with Gasteiger partial charge in [0.1, 0.15) is 11.6 Å². The molecule has 0 unspecified atom stereocenters. The highest BCUT2D eigenvalue weighted by Crippen LogP contribution is 2.24. The lowest BCUT2D eigenvalue weighted by molar-refractivity contribution is 0.343. The van der Waals surface area contributed by atoms with Gasteiger partial charge >= 0.3 is 0 Å². The minimum Gasteiger partial charge on any atom is -0.493 e. The van der Waals surface area contributed by atoms with Crippen molar-refractivity contribution in [1.82, 2.24) is 19.2 Å². The van der Waals surface area contributed by atoms with Crippen LogP contribution in [0.3, 0.4) is 0 Å². The van der Waals surface area contributed by atoms with Gasteiger partial charge in [-0.25, -0.2) is 8.96 Å². The Labute approximate surface area is 187 Å². The van der Waals surface area contributed by atoms with Crippen molar-refractivity contribution in [3.05, 3.63) is 94.5 Å². The molecule has 0 aliphatic heterocycles. The largest absolute Gasteiger partial charge is 0.493 e. The maximum atomic E-state index is 13.4. The van der Waals surface area contributed by atoms with Crippen LogP contribution in [0.25, 0.3) is 22.4 Å². The van der Waals surface area contributed by atoms with Gasteiger partial charge in [0.25, 0.3) is 5.56 Å². The summed E-state index contributed by atoms with van der Waals surface area (Å²) in [7, 11) is 0. The molecule has 3 aromatic carbocycles. The number of aryl methyl sites for hydroxylation is 1. The third-order valence-corrected chi connectivity index (χ3v) is 6.04. The molecule has 0 bridgehead atoms. The van der Waals surface area contributed by atoms with Crippen molar-refractivity contribution in [1.29, 1.82) is 0 Å². The highest BCUT2D eigenvalue weighted by Gasteiger charge is 2.18. The molecule has 8 heteroatoms. The summed E-state index contributed by atoms with van der Waals surface area (Å²) in [4.78, 5) is 13.4. The van der Waals surface area contributed by atoms with Gasteiger partial charge in [0.15, 0.2) is 5.16 Å². The second-order valence-electron chi connectivity index (χ2n) is 7.21. The fourth-order valence-corrected chi connectivity index (χ4v) is 4.38. The summed E-state index contributed by atoms with van der Waals surface area (Å²) in [6.45, 7) is 2.38. The van der Waals surface area contributed by atoms with E-state index in [1.165, 1.54) is 23.9 Å². The van der Waals surface area contributed by atoms with Crippen LogP contribution in [-0.4, -0.2) is 31.5 Å². The molecule has 5 aromatic rings. The van der Waals surface area contributed by atoms with Crippen molar-refractivity contribution >= 4 is 28.4 Å². The maximum Gasteiger partial charge on any atom is 0.267 e. The molecule has 0 amide bonds. The van der Waals surface area contributed by atoms with Crippen LogP contribution in [0.2, 0.25) is 0 Å². The third-order valence-electron chi connectivity index (χ3n) is 5.15. The molecule has 0 saturated heterocycles. The predicted molar refractivity (Wildman–Crippen MR) is 123 cm³/mol. The molecule has 160 valence electrons. The fraction of sp³-hybridized carbons (Fsp3) is 0.125. The molecule has 6 nitrogen and oxygen atoms in total. The van der Waals surface area contributed by atoms with E-state index in [1.807, 2.05) is 59.9 Å². The smallest absolute Gasteiger partial charge is 0.267 e. The molecular weight excluding hydrogens is 427 g/mol. The van der Waals surface area contributed by atoms with E-state index in [0.29, 0.717) is 34.4 Å². The van der Waals surface area contributed by atoms with Crippen molar-refractivity contribution < 1.29 is 9.13 Å². The van der Waals surface area contributed by atoms with Crippen molar-refractivity contribution in [3.8, 4) is 11.4 Å². The summed E-state index contributed by atoms with van der Waals surface area (Å²) in [5.41, 5.74) is 2.36. The van der Waals surface area contributed by atoms with Gasteiger partial charge in [-0.1, -0.05) is 42.1 Å². The number of thioether (sulfide) groups is 1. The van der Waals surface area contributed by atoms with Gasteiger partial charge in [0, 0.05) is 5.75 Å². The van der Waals surface area contributed by atoms with Crippen LogP contribution in [0.5, 0.6) is 5.75 Å². The maximum absolute atomic E-state index is 13.4. The van der Waals surface area contributed by atoms with E-state index in [4.69, 9.17) is 4.74 Å². The number of hydrogen-bond donors (Lipinski definition) is 0. The van der Waals surface area contributed by atoms with Gasteiger partial charge in [-0.2, -0.15) is 0 Å². The zero-order valence-corrected chi connectivity index (χ0v) is 18.1. The van der Waals surface area contributed by atoms with Gasteiger partial charge in [0.05, 0.1) is 23.2 Å². The Morgan fingerprint density at radius 1 is 0.969 bits per heavy atom. The van der Waals surface area contributed by atoms with E-state index in [9.17, 15) is 9.18 Å². The van der Waals surface area contributed by atoms with E-state index in [-0.39, 0.29) is 11.4 Å². The number of halogens is 1. The zero-order chi connectivity index (χ0) is 22.1. The van der Waals surface area contributed by atoms with Crippen LogP contribution < -0.4 is 10.3 Å². The first kappa shape index (κ1) is 20.3. The lowest BCUT2D eigenvalue weighted by Gasteiger charge is -2.13. The zero-order valence-electron chi connectivity index (χ0n) is 17.2. The molecule has 32 heavy (non-hydrogen) atoms. The van der Waals surface area contributed by atoms with Gasteiger partial charge in [-0.3, -0.25) is 9.20 Å². The highest BCUT2D eigenvalue weighted by molar-refractivity contribution is 7.99. The monoisotopic (exact) mass is 446 g/mol. The summed E-state index contributed by atoms with van der Waals surface area (Å²) in [6, 6.07) is 21.1. The van der Waals surface area contributed by atoms with E-state index in [1.54, 1.807) is 16.7 Å². The van der Waals surface area contributed by atoms with E-state index < -0.39 is 0 Å². The summed E-state index contributed by atoms with van der Waals surface area (Å²) in [5.74, 6) is 1.38. The Hall–Kier alpha value is -3.65. The van der Waals surface area contributed by atoms with E-state index in [2.05, 4.69) is 10.2 Å². The van der Waals surface area contributed by atoms with Crippen LogP contribution in [0.4, 0.5) is 4.39 Å². The molecule has 0 aliphatic carbocycles. The molecular formula is C24H19FN4O2S. The number of aromatic nitrogens is 4. The summed E-state index contributed by atoms with van der Waals surface area (Å²) in [5, 5.41) is 9.99. The molecule has 0 saturated carbocycles. The van der Waals surface area contributed by atoms with Crippen LogP contribution >= 0.6 is 11.8 Å². The van der Waals surface area contributed by atoms with Crippen LogP contribution in [0.1, 0.15) is 5.56 Å². The average Bonchev–Trinajstić information content (AvgIpc) is 3.23. The number of rotatable bonds is 6. The average molecular weight is 447 g/mol. The Morgan fingerprint density at radius 2 is 1.72 bits per heavy atom. The second-order valence-corrected chi connectivity index (χ2v) is 8.28. The number of fused-ring (bicyclic) bond motifs is 3. The Bertz CT molecular complexity index is 1480. The first-order chi connectivity index (χ1) is 15.6. The van der Waals surface area contributed by atoms with Crippen molar-refractivity contribution in [2.45, 2.75) is 12.1 Å². The van der Waals surface area contributed by atoms with Gasteiger partial charge in [0.2, 0.25) is 5.78 Å². The number of nitrogens with zero attached hydrogens (tertiary/aromatic N) is 4. The lowest BCUT2D eigenvalue weighted by atomic mass is 10.2. The first-order valence-corrected chi connectivity index (χ1v) is 11.1. The van der Waals surface area contributed by atoms with E-state index in [0.717, 1.165) is 16.8 Å². The van der Waals surface area contributed by atoms with E-state index >= 15 is 0 Å². The molecule has 5 rings (SSSR count). The number of para-hydroxylation sites is 2. The molecule has 0 aliphatic rings. The standard InChI is InChI=1S/C24H19FN4O2S/c1-16-6-2-4-8-20(16)28-22(30)19-7-3-5-9-21(19)29-23(28)26-27-24(29)32-15-14-31-18-12-10-17(25)11-13-18/h2-13H,14-15H2,1H3. The van der Waals surface area contributed by atoms with Gasteiger partial charge in [-0.15, -0.1) is 10.2 Å². The topological polar surface area (TPSA) is 61.4 Å². The molecule has 0 fully saturated rings. The van der Waals surface area contributed by atoms with Crippen LogP contribution in [0.15, 0.2) is 82.7 Å². The molecule has 0 N–H and O–H groups in total. The Balaban J connectivity index is 1.53. The van der Waals surface area contributed by atoms with Crippen LogP contribution in [0, 0.1) is 12.7 Å². The van der Waals surface area contributed by atoms with Gasteiger partial charge in [-0.05, 0) is 55.0 Å². The summed E-state index contributed by atoms with van der Waals surface area (Å²) < 4.78 is 22.3. The molecule has 2 aromatic heterocycles. The minimum atomic E-state index is -0.298. The summed E-state index contributed by atoms with van der Waals surface area (Å²) in [6.07, 6.45) is 0. The molecule has 0 atom stereocenters. The normalized spacial score (nSPS) is 11.3. The van der Waals surface area contributed by atoms with Crippen LogP contribution in [-0.2, 0) is 0 Å². The minimum absolute atomic E-state index is 0.133. The molecule has 2 heterocycles. The molecule has 0 radical (unpaired) electrons. The molecule has 0 spiro atoms. The van der Waals surface area contributed by atoms with Gasteiger partial charge < -0.3 is 4.74 Å². The SMILES string of the molecule is Cc1ccccc1-n1c(=O)c2ccccc2n2c(SCCOc3ccc(F)cc3)nnc12. The quantitative estimate of drug-likeness (QED) is 0.281. The predicted octanol–water partition coefficient (Wildman–Crippen LogP) is 4.65. The van der Waals surface area contributed by atoms with Crippen molar-refractivity contribution in [2.24, 2.45) is 0 Å². The number of benzene rings is 3. The Morgan fingerprint density at radius 3 is 2.53 bits per heavy atom. The highest BCUT2D eigenvalue weighted by atomic mass is 32.2. The summed E-state index contributed by atoms with van der Waals surface area (Å²) >= 11 is 1.48. The second kappa shape index (κ2) is 8.47. The number of ether oxygens (including phenoxy) is 1. The van der Waals surface area contributed by atoms with Crippen molar-refractivity contribution in [2.75, 3.05) is 12.4 Å². The first-order valence-electron chi connectivity index (χ1n) is 10.1. The third kappa shape index (κ3) is 3.62. The fourth-order valence-electron chi connectivity index (χ4n) is 3.63.